The van der Waals surface area contributed by atoms with Gasteiger partial charge in [0.25, 0.3) is 0 Å². The van der Waals surface area contributed by atoms with Crippen LogP contribution in [0.4, 0.5) is 5.69 Å². The third-order valence-electron chi connectivity index (χ3n) is 2.86. The van der Waals surface area contributed by atoms with E-state index in [0.717, 1.165) is 17.9 Å². The molecule has 2 aromatic heterocycles. The van der Waals surface area contributed by atoms with Crippen LogP contribution in [0.25, 0.3) is 0 Å². The summed E-state index contributed by atoms with van der Waals surface area (Å²) in [5, 5.41) is 7.73. The summed E-state index contributed by atoms with van der Waals surface area (Å²) in [6, 6.07) is 4.22. The van der Waals surface area contributed by atoms with E-state index in [4.69, 9.17) is 0 Å². The van der Waals surface area contributed by atoms with Crippen molar-refractivity contribution in [2.24, 2.45) is 0 Å². The molecular formula is C13H18N4. The van der Waals surface area contributed by atoms with Crippen molar-refractivity contribution in [1.29, 1.82) is 0 Å². The fourth-order valence-electron chi connectivity index (χ4n) is 1.73. The zero-order chi connectivity index (χ0) is 12.3. The molecule has 0 aliphatic rings. The molecule has 2 rings (SSSR count). The molecule has 2 heterocycles. The summed E-state index contributed by atoms with van der Waals surface area (Å²) in [7, 11) is 0. The Kier molecular flexibility index (Phi) is 3.42. The highest BCUT2D eigenvalue weighted by Crippen LogP contribution is 2.20. The maximum atomic E-state index is 4.28. The molecule has 0 amide bonds. The maximum absolute atomic E-state index is 4.28. The number of aryl methyl sites for hydroxylation is 2. The van der Waals surface area contributed by atoms with E-state index in [-0.39, 0.29) is 6.04 Å². The van der Waals surface area contributed by atoms with Gasteiger partial charge in [0.15, 0.2) is 0 Å². The molecule has 0 aliphatic carbocycles. The predicted octanol–water partition coefficient (Wildman–Crippen LogP) is 2.78. The van der Waals surface area contributed by atoms with Crippen LogP contribution < -0.4 is 5.32 Å². The van der Waals surface area contributed by atoms with Gasteiger partial charge in [-0.3, -0.25) is 9.67 Å². The fraction of sp³-hybridized carbons (Fsp3) is 0.385. The Bertz CT molecular complexity index is 490. The van der Waals surface area contributed by atoms with E-state index in [0.29, 0.717) is 0 Å². The summed E-state index contributed by atoms with van der Waals surface area (Å²) in [5.74, 6) is 0. The normalized spacial score (nSPS) is 12.4. The Morgan fingerprint density at radius 1 is 1.47 bits per heavy atom. The van der Waals surface area contributed by atoms with Gasteiger partial charge < -0.3 is 5.32 Å². The molecule has 2 aromatic rings. The van der Waals surface area contributed by atoms with Gasteiger partial charge in [0, 0.05) is 24.5 Å². The molecule has 0 saturated carbocycles. The van der Waals surface area contributed by atoms with Gasteiger partial charge in [-0.15, -0.1) is 0 Å². The van der Waals surface area contributed by atoms with Gasteiger partial charge >= 0.3 is 0 Å². The van der Waals surface area contributed by atoms with E-state index in [1.54, 1.807) is 6.20 Å². The molecule has 4 heteroatoms. The lowest BCUT2D eigenvalue weighted by Crippen LogP contribution is -2.07. The quantitative estimate of drug-likeness (QED) is 0.878. The average molecular weight is 230 g/mol. The standard InChI is InChI=1S/C13H18N4/c1-4-17-9-12(8-15-17)10(2)16-13-6-5-7-14-11(13)3/h5-10,16H,4H2,1-3H3. The molecule has 4 nitrogen and oxygen atoms in total. The molecule has 0 radical (unpaired) electrons. The SMILES string of the molecule is CCn1cc(C(C)Nc2cccnc2C)cn1. The second-order valence-corrected chi connectivity index (χ2v) is 4.13. The molecule has 1 atom stereocenters. The van der Waals surface area contributed by atoms with Gasteiger partial charge in [0.05, 0.1) is 23.6 Å². The summed E-state index contributed by atoms with van der Waals surface area (Å²) >= 11 is 0. The molecule has 90 valence electrons. The van der Waals surface area contributed by atoms with Crippen molar-refractivity contribution in [3.8, 4) is 0 Å². The monoisotopic (exact) mass is 230 g/mol. The van der Waals surface area contributed by atoms with Crippen LogP contribution in [-0.2, 0) is 6.54 Å². The molecule has 1 unspecified atom stereocenters. The number of hydrogen-bond donors (Lipinski definition) is 1. The molecule has 0 aromatic carbocycles. The van der Waals surface area contributed by atoms with Gasteiger partial charge in [-0.1, -0.05) is 0 Å². The van der Waals surface area contributed by atoms with Crippen molar-refractivity contribution in [3.05, 3.63) is 42.0 Å². The summed E-state index contributed by atoms with van der Waals surface area (Å²) in [4.78, 5) is 4.26. The van der Waals surface area contributed by atoms with E-state index in [9.17, 15) is 0 Å². The Morgan fingerprint density at radius 3 is 2.94 bits per heavy atom. The zero-order valence-corrected chi connectivity index (χ0v) is 10.5. The van der Waals surface area contributed by atoms with E-state index in [1.807, 2.05) is 29.9 Å². The van der Waals surface area contributed by atoms with Crippen LogP contribution in [0.2, 0.25) is 0 Å². The van der Waals surface area contributed by atoms with E-state index >= 15 is 0 Å². The third kappa shape index (κ3) is 2.64. The van der Waals surface area contributed by atoms with Crippen molar-refractivity contribution in [2.75, 3.05) is 5.32 Å². The highest BCUT2D eigenvalue weighted by molar-refractivity contribution is 5.48. The molecule has 0 aliphatic heterocycles. The number of rotatable bonds is 4. The largest absolute Gasteiger partial charge is 0.377 e. The average Bonchev–Trinajstić information content (AvgIpc) is 2.81. The Morgan fingerprint density at radius 2 is 2.29 bits per heavy atom. The van der Waals surface area contributed by atoms with Crippen molar-refractivity contribution < 1.29 is 0 Å². The Balaban J connectivity index is 2.11. The maximum Gasteiger partial charge on any atom is 0.0603 e. The Labute approximate surface area is 102 Å². The number of nitrogens with one attached hydrogen (secondary N) is 1. The molecule has 0 saturated heterocycles. The number of nitrogens with zero attached hydrogens (tertiary/aromatic N) is 3. The summed E-state index contributed by atoms with van der Waals surface area (Å²) < 4.78 is 1.93. The number of hydrogen-bond acceptors (Lipinski definition) is 3. The van der Waals surface area contributed by atoms with Crippen molar-refractivity contribution in [3.63, 3.8) is 0 Å². The highest BCUT2D eigenvalue weighted by Gasteiger charge is 2.08. The first-order valence-electron chi connectivity index (χ1n) is 5.91. The lowest BCUT2D eigenvalue weighted by Gasteiger charge is -2.14. The number of anilines is 1. The lowest BCUT2D eigenvalue weighted by molar-refractivity contribution is 0.658. The summed E-state index contributed by atoms with van der Waals surface area (Å²) in [5.41, 5.74) is 3.28. The van der Waals surface area contributed by atoms with Crippen molar-refractivity contribution in [1.82, 2.24) is 14.8 Å². The second kappa shape index (κ2) is 4.99. The Hall–Kier alpha value is -1.84. The molecule has 1 N–H and O–H groups in total. The minimum atomic E-state index is 0.234. The minimum absolute atomic E-state index is 0.234. The van der Waals surface area contributed by atoms with Gasteiger partial charge in [-0.2, -0.15) is 5.10 Å². The van der Waals surface area contributed by atoms with Crippen LogP contribution in [-0.4, -0.2) is 14.8 Å². The molecule has 0 bridgehead atoms. The van der Waals surface area contributed by atoms with E-state index < -0.39 is 0 Å². The first kappa shape index (κ1) is 11.6. The van der Waals surface area contributed by atoms with E-state index in [1.165, 1.54) is 5.56 Å². The highest BCUT2D eigenvalue weighted by atomic mass is 15.3. The van der Waals surface area contributed by atoms with Gasteiger partial charge in [0.2, 0.25) is 0 Å². The summed E-state index contributed by atoms with van der Waals surface area (Å²) in [6.07, 6.45) is 5.79. The summed E-state index contributed by atoms with van der Waals surface area (Å²) in [6.45, 7) is 7.12. The van der Waals surface area contributed by atoms with Crippen LogP contribution in [0.3, 0.4) is 0 Å². The van der Waals surface area contributed by atoms with Crippen LogP contribution in [0.1, 0.15) is 31.1 Å². The van der Waals surface area contributed by atoms with Gasteiger partial charge in [0.1, 0.15) is 0 Å². The smallest absolute Gasteiger partial charge is 0.0603 e. The minimum Gasteiger partial charge on any atom is -0.377 e. The number of pyridine rings is 1. The number of aromatic nitrogens is 3. The van der Waals surface area contributed by atoms with E-state index in [2.05, 4.69) is 35.4 Å². The molecule has 17 heavy (non-hydrogen) atoms. The van der Waals surface area contributed by atoms with Gasteiger partial charge in [-0.05, 0) is 32.9 Å². The zero-order valence-electron chi connectivity index (χ0n) is 10.5. The van der Waals surface area contributed by atoms with Crippen LogP contribution in [0, 0.1) is 6.92 Å². The second-order valence-electron chi connectivity index (χ2n) is 4.13. The van der Waals surface area contributed by atoms with Gasteiger partial charge in [-0.25, -0.2) is 0 Å². The fourth-order valence-corrected chi connectivity index (χ4v) is 1.73. The third-order valence-corrected chi connectivity index (χ3v) is 2.86. The van der Waals surface area contributed by atoms with Crippen molar-refractivity contribution in [2.45, 2.75) is 33.4 Å². The molecular weight excluding hydrogens is 212 g/mol. The first-order valence-corrected chi connectivity index (χ1v) is 5.91. The first-order chi connectivity index (χ1) is 8.20. The molecule has 0 spiro atoms. The van der Waals surface area contributed by atoms with Crippen molar-refractivity contribution >= 4 is 5.69 Å². The lowest BCUT2D eigenvalue weighted by atomic mass is 10.2. The predicted molar refractivity (Wildman–Crippen MR) is 68.9 cm³/mol. The van der Waals surface area contributed by atoms with Crippen LogP contribution in [0.15, 0.2) is 30.7 Å². The topological polar surface area (TPSA) is 42.7 Å². The van der Waals surface area contributed by atoms with Crippen LogP contribution >= 0.6 is 0 Å². The van der Waals surface area contributed by atoms with Crippen LogP contribution in [0.5, 0.6) is 0 Å². The molecule has 0 fully saturated rings.